The Balaban J connectivity index is 1.52. The van der Waals surface area contributed by atoms with Crippen LogP contribution in [0.1, 0.15) is 48.9 Å². The smallest absolute Gasteiger partial charge is 0.257 e. The van der Waals surface area contributed by atoms with Gasteiger partial charge in [0.2, 0.25) is 5.91 Å². The SMILES string of the molecule is O=C(Cn1cc(C(=O)N2CCCNCC2)cn1)NC1CCCCC1. The van der Waals surface area contributed by atoms with E-state index in [0.717, 1.165) is 38.9 Å². The number of nitrogens with zero attached hydrogens (tertiary/aromatic N) is 3. The van der Waals surface area contributed by atoms with E-state index in [2.05, 4.69) is 15.7 Å². The third-order valence-electron chi connectivity index (χ3n) is 4.78. The first-order chi connectivity index (χ1) is 11.7. The van der Waals surface area contributed by atoms with E-state index in [1.54, 1.807) is 17.1 Å². The lowest BCUT2D eigenvalue weighted by atomic mass is 9.95. The fraction of sp³-hybridized carbons (Fsp3) is 0.706. The van der Waals surface area contributed by atoms with E-state index in [0.29, 0.717) is 18.2 Å². The van der Waals surface area contributed by atoms with E-state index in [4.69, 9.17) is 0 Å². The molecule has 24 heavy (non-hydrogen) atoms. The van der Waals surface area contributed by atoms with Gasteiger partial charge >= 0.3 is 0 Å². The predicted octanol–water partition coefficient (Wildman–Crippen LogP) is 0.768. The fourth-order valence-electron chi connectivity index (χ4n) is 3.46. The Kier molecular flexibility index (Phi) is 5.85. The molecule has 0 spiro atoms. The minimum Gasteiger partial charge on any atom is -0.352 e. The molecule has 0 aromatic carbocycles. The zero-order valence-electron chi connectivity index (χ0n) is 14.2. The third kappa shape index (κ3) is 4.56. The van der Waals surface area contributed by atoms with Crippen LogP contribution in [-0.4, -0.2) is 58.7 Å². The Morgan fingerprint density at radius 3 is 2.83 bits per heavy atom. The van der Waals surface area contributed by atoms with Crippen LogP contribution in [0.3, 0.4) is 0 Å². The summed E-state index contributed by atoms with van der Waals surface area (Å²) in [7, 11) is 0. The minimum absolute atomic E-state index is 0.00219. The highest BCUT2D eigenvalue weighted by atomic mass is 16.2. The molecule has 0 bridgehead atoms. The summed E-state index contributed by atoms with van der Waals surface area (Å²) in [6, 6.07) is 0.299. The van der Waals surface area contributed by atoms with Gasteiger partial charge in [-0.15, -0.1) is 0 Å². The molecule has 1 aliphatic heterocycles. The summed E-state index contributed by atoms with van der Waals surface area (Å²) in [5, 5.41) is 10.5. The normalized spacial score (nSPS) is 19.8. The highest BCUT2D eigenvalue weighted by Crippen LogP contribution is 2.17. The van der Waals surface area contributed by atoms with Gasteiger partial charge in [0.05, 0.1) is 11.8 Å². The summed E-state index contributed by atoms with van der Waals surface area (Å²) >= 11 is 0. The van der Waals surface area contributed by atoms with Crippen LogP contribution in [0.2, 0.25) is 0 Å². The van der Waals surface area contributed by atoms with Crippen LogP contribution in [0.25, 0.3) is 0 Å². The first kappa shape index (κ1) is 17.0. The zero-order chi connectivity index (χ0) is 16.8. The molecule has 7 heteroatoms. The number of rotatable bonds is 4. The maximum atomic E-state index is 12.5. The highest BCUT2D eigenvalue weighted by Gasteiger charge is 2.20. The molecule has 2 fully saturated rings. The molecule has 7 nitrogen and oxygen atoms in total. The number of aromatic nitrogens is 2. The van der Waals surface area contributed by atoms with E-state index >= 15 is 0 Å². The molecule has 0 radical (unpaired) electrons. The van der Waals surface area contributed by atoms with Gasteiger partial charge in [0.1, 0.15) is 6.54 Å². The Labute approximate surface area is 142 Å². The second-order valence-electron chi connectivity index (χ2n) is 6.72. The standard InChI is InChI=1S/C17H27N5O2/c23-16(20-15-5-2-1-3-6-15)13-22-12-14(11-19-22)17(24)21-9-4-7-18-8-10-21/h11-12,15,18H,1-10,13H2,(H,20,23). The van der Waals surface area contributed by atoms with Crippen molar-refractivity contribution in [3.63, 3.8) is 0 Å². The summed E-state index contributed by atoms with van der Waals surface area (Å²) in [5.41, 5.74) is 0.558. The molecule has 1 aromatic heterocycles. The van der Waals surface area contributed by atoms with E-state index in [1.165, 1.54) is 19.3 Å². The van der Waals surface area contributed by atoms with Gasteiger partial charge in [0.25, 0.3) is 5.91 Å². The molecule has 1 aliphatic carbocycles. The molecule has 2 heterocycles. The molecule has 0 atom stereocenters. The lowest BCUT2D eigenvalue weighted by Crippen LogP contribution is -2.38. The van der Waals surface area contributed by atoms with Crippen molar-refractivity contribution in [2.24, 2.45) is 0 Å². The van der Waals surface area contributed by atoms with Gasteiger partial charge in [-0.25, -0.2) is 0 Å². The zero-order valence-corrected chi connectivity index (χ0v) is 14.2. The molecule has 1 saturated carbocycles. The Bertz CT molecular complexity index is 557. The van der Waals surface area contributed by atoms with E-state index in [1.807, 2.05) is 4.90 Å². The van der Waals surface area contributed by atoms with Gasteiger partial charge in [-0.3, -0.25) is 14.3 Å². The van der Waals surface area contributed by atoms with Crippen LogP contribution in [0.5, 0.6) is 0 Å². The van der Waals surface area contributed by atoms with Crippen molar-refractivity contribution >= 4 is 11.8 Å². The summed E-state index contributed by atoms with van der Waals surface area (Å²) in [6.45, 7) is 3.42. The van der Waals surface area contributed by atoms with Gasteiger partial charge in [0.15, 0.2) is 0 Å². The third-order valence-corrected chi connectivity index (χ3v) is 4.78. The maximum absolute atomic E-state index is 12.5. The van der Waals surface area contributed by atoms with Crippen LogP contribution in [-0.2, 0) is 11.3 Å². The van der Waals surface area contributed by atoms with E-state index in [-0.39, 0.29) is 18.4 Å². The van der Waals surface area contributed by atoms with Gasteiger partial charge in [-0.05, 0) is 25.8 Å². The molecule has 2 N–H and O–H groups in total. The second kappa shape index (κ2) is 8.28. The second-order valence-corrected chi connectivity index (χ2v) is 6.72. The molecule has 132 valence electrons. The summed E-state index contributed by atoms with van der Waals surface area (Å²) in [6.07, 6.45) is 9.99. The number of carbonyl (C=O) groups is 2. The van der Waals surface area contributed by atoms with Crippen molar-refractivity contribution in [3.05, 3.63) is 18.0 Å². The molecule has 1 saturated heterocycles. The van der Waals surface area contributed by atoms with E-state index in [9.17, 15) is 9.59 Å². The average Bonchev–Trinajstić information content (AvgIpc) is 2.88. The molecule has 3 rings (SSSR count). The summed E-state index contributed by atoms with van der Waals surface area (Å²) in [5.74, 6) is -0.0272. The first-order valence-electron chi connectivity index (χ1n) is 9.04. The van der Waals surface area contributed by atoms with Crippen molar-refractivity contribution in [3.8, 4) is 0 Å². The number of hydrogen-bond acceptors (Lipinski definition) is 4. The highest BCUT2D eigenvalue weighted by molar-refractivity contribution is 5.93. The van der Waals surface area contributed by atoms with Crippen molar-refractivity contribution in [2.75, 3.05) is 26.2 Å². The lowest BCUT2D eigenvalue weighted by Gasteiger charge is -2.22. The van der Waals surface area contributed by atoms with Crippen LogP contribution in [0.4, 0.5) is 0 Å². The predicted molar refractivity (Wildman–Crippen MR) is 90.6 cm³/mol. The first-order valence-corrected chi connectivity index (χ1v) is 9.04. The number of amides is 2. The van der Waals surface area contributed by atoms with Gasteiger partial charge < -0.3 is 15.5 Å². The molecule has 0 unspecified atom stereocenters. The topological polar surface area (TPSA) is 79.3 Å². The average molecular weight is 333 g/mol. The van der Waals surface area contributed by atoms with Gasteiger partial charge in [0, 0.05) is 31.9 Å². The Morgan fingerprint density at radius 2 is 2.00 bits per heavy atom. The number of hydrogen-bond donors (Lipinski definition) is 2. The van der Waals surface area contributed by atoms with Crippen LogP contribution >= 0.6 is 0 Å². The monoisotopic (exact) mass is 333 g/mol. The van der Waals surface area contributed by atoms with Crippen molar-refractivity contribution in [1.82, 2.24) is 25.3 Å². The molecule has 2 amide bonds. The lowest BCUT2D eigenvalue weighted by molar-refractivity contribution is -0.122. The Morgan fingerprint density at radius 1 is 1.17 bits per heavy atom. The summed E-state index contributed by atoms with van der Waals surface area (Å²) in [4.78, 5) is 26.5. The maximum Gasteiger partial charge on any atom is 0.257 e. The molecule has 2 aliphatic rings. The van der Waals surface area contributed by atoms with Crippen molar-refractivity contribution in [1.29, 1.82) is 0 Å². The fourth-order valence-corrected chi connectivity index (χ4v) is 3.46. The number of carbonyl (C=O) groups excluding carboxylic acids is 2. The molecule has 1 aromatic rings. The molecular weight excluding hydrogens is 306 g/mol. The number of nitrogens with one attached hydrogen (secondary N) is 2. The van der Waals surface area contributed by atoms with Crippen molar-refractivity contribution < 1.29 is 9.59 Å². The Hall–Kier alpha value is -1.89. The van der Waals surface area contributed by atoms with Gasteiger partial charge in [-0.1, -0.05) is 19.3 Å². The summed E-state index contributed by atoms with van der Waals surface area (Å²) < 4.78 is 1.56. The van der Waals surface area contributed by atoms with Crippen LogP contribution in [0.15, 0.2) is 12.4 Å². The van der Waals surface area contributed by atoms with Gasteiger partial charge in [-0.2, -0.15) is 5.10 Å². The van der Waals surface area contributed by atoms with Crippen LogP contribution < -0.4 is 10.6 Å². The quantitative estimate of drug-likeness (QED) is 0.853. The van der Waals surface area contributed by atoms with E-state index < -0.39 is 0 Å². The minimum atomic E-state index is -0.0250. The van der Waals surface area contributed by atoms with Crippen molar-refractivity contribution in [2.45, 2.75) is 51.1 Å². The largest absolute Gasteiger partial charge is 0.352 e. The van der Waals surface area contributed by atoms with Crippen LogP contribution in [0, 0.1) is 0 Å². The molecular formula is C17H27N5O2.